The Morgan fingerprint density at radius 1 is 1.22 bits per heavy atom. The fraction of sp³-hybridized carbons (Fsp3) is 0.421. The van der Waals surface area contributed by atoms with Crippen LogP contribution in [0.3, 0.4) is 0 Å². The van der Waals surface area contributed by atoms with Crippen LogP contribution in [0.2, 0.25) is 0 Å². The second kappa shape index (κ2) is 6.93. The van der Waals surface area contributed by atoms with Gasteiger partial charge in [0, 0.05) is 25.0 Å². The fourth-order valence-corrected chi connectivity index (χ4v) is 4.47. The van der Waals surface area contributed by atoms with Crippen LogP contribution in [0.1, 0.15) is 37.7 Å². The summed E-state index contributed by atoms with van der Waals surface area (Å²) in [6.07, 6.45) is 13.1. The first-order valence-electron chi connectivity index (χ1n) is 8.59. The summed E-state index contributed by atoms with van der Waals surface area (Å²) in [4.78, 5) is 10.5. The number of nitrogens with zero attached hydrogens (tertiary/aromatic N) is 2. The van der Waals surface area contributed by atoms with Gasteiger partial charge in [-0.2, -0.15) is 0 Å². The summed E-state index contributed by atoms with van der Waals surface area (Å²) < 4.78 is 0. The molecule has 0 amide bonds. The first-order chi connectivity index (χ1) is 11.4. The molecular formula is C19H23N3S. The quantitative estimate of drug-likeness (QED) is 0.895. The van der Waals surface area contributed by atoms with Crippen LogP contribution < -0.4 is 0 Å². The Balaban J connectivity index is 1.47. The van der Waals surface area contributed by atoms with Gasteiger partial charge < -0.3 is 4.98 Å². The number of rotatable bonds is 3. The van der Waals surface area contributed by atoms with E-state index in [1.54, 1.807) is 11.8 Å². The van der Waals surface area contributed by atoms with Gasteiger partial charge in [-0.3, -0.25) is 4.90 Å². The summed E-state index contributed by atoms with van der Waals surface area (Å²) in [5.74, 6) is 0. The third-order valence-corrected chi connectivity index (χ3v) is 5.85. The SMILES string of the molecule is C1=C(c2c[nH]c(Sc3ccccn3)c2)CCC2CCCCN2C1. The van der Waals surface area contributed by atoms with E-state index in [-0.39, 0.29) is 0 Å². The van der Waals surface area contributed by atoms with E-state index < -0.39 is 0 Å². The molecule has 4 rings (SSSR count). The van der Waals surface area contributed by atoms with Crippen molar-refractivity contribution in [3.63, 3.8) is 0 Å². The first kappa shape index (κ1) is 15.0. The number of H-pyrrole nitrogens is 1. The van der Waals surface area contributed by atoms with Crippen molar-refractivity contribution in [1.29, 1.82) is 0 Å². The molecule has 23 heavy (non-hydrogen) atoms. The van der Waals surface area contributed by atoms with E-state index in [1.807, 2.05) is 24.4 Å². The zero-order valence-corrected chi connectivity index (χ0v) is 14.2. The van der Waals surface area contributed by atoms with Crippen molar-refractivity contribution in [2.24, 2.45) is 0 Å². The third-order valence-electron chi connectivity index (χ3n) is 4.95. The van der Waals surface area contributed by atoms with Crippen molar-refractivity contribution in [1.82, 2.24) is 14.9 Å². The Labute approximate surface area is 142 Å². The lowest BCUT2D eigenvalue weighted by molar-refractivity contribution is 0.161. The Morgan fingerprint density at radius 2 is 2.22 bits per heavy atom. The van der Waals surface area contributed by atoms with Gasteiger partial charge in [0.05, 0.1) is 5.03 Å². The van der Waals surface area contributed by atoms with Crippen molar-refractivity contribution >= 4 is 17.3 Å². The number of nitrogens with one attached hydrogen (secondary N) is 1. The van der Waals surface area contributed by atoms with Crippen LogP contribution in [0.4, 0.5) is 0 Å². The minimum absolute atomic E-state index is 0.804. The molecule has 4 heteroatoms. The molecule has 0 saturated carbocycles. The van der Waals surface area contributed by atoms with E-state index in [2.05, 4.69) is 33.2 Å². The van der Waals surface area contributed by atoms with Gasteiger partial charge in [-0.15, -0.1) is 0 Å². The van der Waals surface area contributed by atoms with Crippen molar-refractivity contribution in [2.75, 3.05) is 13.1 Å². The van der Waals surface area contributed by atoms with Gasteiger partial charge in [0.2, 0.25) is 0 Å². The molecule has 4 heterocycles. The number of aromatic nitrogens is 2. The molecule has 0 aromatic carbocycles. The molecule has 120 valence electrons. The van der Waals surface area contributed by atoms with Crippen LogP contribution in [-0.4, -0.2) is 34.0 Å². The number of allylic oxidation sites excluding steroid dienone is 1. The summed E-state index contributed by atoms with van der Waals surface area (Å²) >= 11 is 1.69. The molecule has 1 atom stereocenters. The Bertz CT molecular complexity index is 677. The van der Waals surface area contributed by atoms with E-state index in [0.29, 0.717) is 0 Å². The molecular weight excluding hydrogens is 302 g/mol. The number of hydrogen-bond donors (Lipinski definition) is 1. The van der Waals surface area contributed by atoms with Crippen LogP contribution in [0.5, 0.6) is 0 Å². The molecule has 2 aromatic heterocycles. The molecule has 1 N–H and O–H groups in total. The van der Waals surface area contributed by atoms with E-state index in [9.17, 15) is 0 Å². The van der Waals surface area contributed by atoms with Crippen molar-refractivity contribution in [3.05, 3.63) is 48.3 Å². The maximum atomic E-state index is 4.38. The molecule has 0 radical (unpaired) electrons. The predicted octanol–water partition coefficient (Wildman–Crippen LogP) is 4.59. The monoisotopic (exact) mass is 325 g/mol. The smallest absolute Gasteiger partial charge is 0.102 e. The highest BCUT2D eigenvalue weighted by Gasteiger charge is 2.24. The number of piperidine rings is 1. The molecule has 0 spiro atoms. The van der Waals surface area contributed by atoms with Gasteiger partial charge in [-0.1, -0.05) is 30.3 Å². The largest absolute Gasteiger partial charge is 0.356 e. The molecule has 0 aliphatic carbocycles. The highest BCUT2D eigenvalue weighted by Crippen LogP contribution is 2.32. The topological polar surface area (TPSA) is 31.9 Å². The minimum Gasteiger partial charge on any atom is -0.356 e. The van der Waals surface area contributed by atoms with Gasteiger partial charge in [0.25, 0.3) is 0 Å². The highest BCUT2D eigenvalue weighted by atomic mass is 32.2. The molecule has 2 aliphatic rings. The summed E-state index contributed by atoms with van der Waals surface area (Å²) in [6, 6.07) is 9.11. The zero-order chi connectivity index (χ0) is 15.5. The summed E-state index contributed by atoms with van der Waals surface area (Å²) in [5, 5.41) is 2.20. The van der Waals surface area contributed by atoms with E-state index in [4.69, 9.17) is 0 Å². The minimum atomic E-state index is 0.804. The Hall–Kier alpha value is -1.52. The van der Waals surface area contributed by atoms with Crippen LogP contribution in [0, 0.1) is 0 Å². The van der Waals surface area contributed by atoms with E-state index in [0.717, 1.165) is 17.6 Å². The predicted molar refractivity (Wildman–Crippen MR) is 95.6 cm³/mol. The van der Waals surface area contributed by atoms with Gasteiger partial charge in [0.1, 0.15) is 5.03 Å². The number of aromatic amines is 1. The first-order valence-corrected chi connectivity index (χ1v) is 9.41. The van der Waals surface area contributed by atoms with Crippen molar-refractivity contribution < 1.29 is 0 Å². The maximum absolute atomic E-state index is 4.38. The van der Waals surface area contributed by atoms with Crippen LogP contribution in [0.15, 0.2) is 52.8 Å². The Kier molecular flexibility index (Phi) is 4.53. The lowest BCUT2D eigenvalue weighted by atomic mass is 9.96. The third kappa shape index (κ3) is 3.54. The standard InChI is InChI=1S/C19H23N3S/c1-3-10-20-18(6-1)23-19-13-16(14-21-19)15-7-8-17-5-2-4-11-22(17)12-9-15/h1,3,6,9-10,13-14,17,21H,2,4-5,7-8,11-12H2. The zero-order valence-electron chi connectivity index (χ0n) is 13.4. The summed E-state index contributed by atoms with van der Waals surface area (Å²) in [6.45, 7) is 2.40. The second-order valence-corrected chi connectivity index (χ2v) is 7.50. The fourth-order valence-electron chi connectivity index (χ4n) is 3.68. The molecule has 1 saturated heterocycles. The van der Waals surface area contributed by atoms with Gasteiger partial charge in [0.15, 0.2) is 0 Å². The summed E-state index contributed by atoms with van der Waals surface area (Å²) in [5.41, 5.74) is 2.85. The number of hydrogen-bond acceptors (Lipinski definition) is 3. The van der Waals surface area contributed by atoms with Crippen molar-refractivity contribution in [2.45, 2.75) is 48.2 Å². The van der Waals surface area contributed by atoms with Crippen LogP contribution >= 0.6 is 11.8 Å². The summed E-state index contributed by atoms with van der Waals surface area (Å²) in [7, 11) is 0. The number of fused-ring (bicyclic) bond motifs is 1. The second-order valence-electron chi connectivity index (χ2n) is 6.44. The maximum Gasteiger partial charge on any atom is 0.102 e. The lowest BCUT2D eigenvalue weighted by Crippen LogP contribution is -2.38. The van der Waals surface area contributed by atoms with Gasteiger partial charge in [-0.05, 0) is 61.6 Å². The number of pyridine rings is 1. The lowest BCUT2D eigenvalue weighted by Gasteiger charge is -2.33. The van der Waals surface area contributed by atoms with Crippen LogP contribution in [0.25, 0.3) is 5.57 Å². The van der Waals surface area contributed by atoms with Crippen molar-refractivity contribution in [3.8, 4) is 0 Å². The van der Waals surface area contributed by atoms with Crippen LogP contribution in [-0.2, 0) is 0 Å². The van der Waals surface area contributed by atoms with Gasteiger partial charge in [-0.25, -0.2) is 4.98 Å². The molecule has 2 aliphatic heterocycles. The molecule has 0 bridgehead atoms. The molecule has 3 nitrogen and oxygen atoms in total. The normalized spacial score (nSPS) is 22.3. The molecule has 1 unspecified atom stereocenters. The van der Waals surface area contributed by atoms with Gasteiger partial charge >= 0.3 is 0 Å². The average molecular weight is 325 g/mol. The highest BCUT2D eigenvalue weighted by molar-refractivity contribution is 7.99. The molecule has 1 fully saturated rings. The molecule has 2 aromatic rings. The average Bonchev–Trinajstić information content (AvgIpc) is 2.94. The Morgan fingerprint density at radius 3 is 3.13 bits per heavy atom. The van der Waals surface area contributed by atoms with E-state index in [1.165, 1.54) is 54.8 Å². The van der Waals surface area contributed by atoms with E-state index >= 15 is 0 Å².